The van der Waals surface area contributed by atoms with Gasteiger partial charge >= 0.3 is 0 Å². The van der Waals surface area contributed by atoms with Crippen LogP contribution in [-0.4, -0.2) is 34.6 Å². The smallest absolute Gasteiger partial charge is 0.243 e. The summed E-state index contributed by atoms with van der Waals surface area (Å²) in [5.41, 5.74) is 2.08. The maximum absolute atomic E-state index is 13.2. The summed E-state index contributed by atoms with van der Waals surface area (Å²) in [5, 5.41) is 3.93. The number of thioether (sulfide) groups is 1. The number of nitrogens with one attached hydrogen (secondary N) is 1. The van der Waals surface area contributed by atoms with Gasteiger partial charge < -0.3 is 10.2 Å². The van der Waals surface area contributed by atoms with Gasteiger partial charge in [-0.3, -0.25) is 9.59 Å². The van der Waals surface area contributed by atoms with Crippen molar-refractivity contribution in [2.75, 3.05) is 5.75 Å². The molecule has 0 radical (unpaired) electrons. The molecule has 0 bridgehead atoms. The average molecular weight is 496 g/mol. The van der Waals surface area contributed by atoms with E-state index < -0.39 is 6.04 Å². The highest BCUT2D eigenvalue weighted by atomic mass is 35.5. The highest BCUT2D eigenvalue weighted by Crippen LogP contribution is 2.24. The average Bonchev–Trinajstić information content (AvgIpc) is 2.79. The van der Waals surface area contributed by atoms with Crippen LogP contribution in [0.4, 0.5) is 0 Å². The van der Waals surface area contributed by atoms with Crippen LogP contribution in [0.3, 0.4) is 0 Å². The van der Waals surface area contributed by atoms with Crippen LogP contribution in [0.5, 0.6) is 0 Å². The second kappa shape index (κ2) is 13.8. The van der Waals surface area contributed by atoms with Crippen molar-refractivity contribution in [2.24, 2.45) is 0 Å². The number of amides is 2. The Balaban J connectivity index is 2.10. The second-order valence-electron chi connectivity index (χ2n) is 7.80. The predicted molar refractivity (Wildman–Crippen MR) is 136 cm³/mol. The van der Waals surface area contributed by atoms with Crippen LogP contribution in [0.25, 0.3) is 0 Å². The fraction of sp³-hybridized carbons (Fsp3) is 0.440. The first kappa shape index (κ1) is 26.6. The Hall–Kier alpha value is -1.69. The number of carbonyl (C=O) groups excluding carboxylic acids is 2. The maximum atomic E-state index is 13.2. The molecule has 2 aromatic carbocycles. The third-order valence-electron chi connectivity index (χ3n) is 5.30. The van der Waals surface area contributed by atoms with Crippen LogP contribution in [0.2, 0.25) is 10.0 Å². The van der Waals surface area contributed by atoms with Gasteiger partial charge in [0, 0.05) is 30.5 Å². The van der Waals surface area contributed by atoms with E-state index in [2.05, 4.69) is 17.4 Å². The Morgan fingerprint density at radius 3 is 2.34 bits per heavy atom. The van der Waals surface area contributed by atoms with Gasteiger partial charge in [-0.25, -0.2) is 0 Å². The second-order valence-corrected chi connectivity index (χ2v) is 9.72. The molecule has 32 heavy (non-hydrogen) atoms. The molecule has 2 amide bonds. The van der Waals surface area contributed by atoms with Crippen molar-refractivity contribution in [3.05, 3.63) is 69.7 Å². The SMILES string of the molecule is CC[C@H](C(=O)N[C@@H](C)CC)N(Cc1ccc(Cl)c(Cl)c1)C(=O)CCSCc1ccccc1. The summed E-state index contributed by atoms with van der Waals surface area (Å²) < 4.78 is 0. The number of carbonyl (C=O) groups is 2. The Bertz CT molecular complexity index is 880. The van der Waals surface area contributed by atoms with Gasteiger partial charge in [0.15, 0.2) is 0 Å². The lowest BCUT2D eigenvalue weighted by Crippen LogP contribution is -2.50. The first-order chi connectivity index (χ1) is 15.3. The van der Waals surface area contributed by atoms with Crippen molar-refractivity contribution in [1.82, 2.24) is 10.2 Å². The number of rotatable bonds is 12. The fourth-order valence-electron chi connectivity index (χ4n) is 3.26. The minimum atomic E-state index is -0.537. The van der Waals surface area contributed by atoms with Crippen LogP contribution >= 0.6 is 35.0 Å². The minimum absolute atomic E-state index is 0.0391. The molecule has 0 fully saturated rings. The molecule has 1 N–H and O–H groups in total. The molecule has 7 heteroatoms. The van der Waals surface area contributed by atoms with Crippen LogP contribution in [-0.2, 0) is 21.9 Å². The fourth-order valence-corrected chi connectivity index (χ4v) is 4.47. The third kappa shape index (κ3) is 8.34. The first-order valence-corrected chi connectivity index (χ1v) is 12.9. The van der Waals surface area contributed by atoms with Crippen molar-refractivity contribution in [3.63, 3.8) is 0 Å². The molecule has 0 heterocycles. The molecule has 4 nitrogen and oxygen atoms in total. The Labute approximate surface area is 206 Å². The topological polar surface area (TPSA) is 49.4 Å². The Morgan fingerprint density at radius 2 is 1.72 bits per heavy atom. The summed E-state index contributed by atoms with van der Waals surface area (Å²) in [6, 6.07) is 15.0. The minimum Gasteiger partial charge on any atom is -0.352 e. The van der Waals surface area contributed by atoms with Crippen molar-refractivity contribution < 1.29 is 9.59 Å². The van der Waals surface area contributed by atoms with Gasteiger partial charge in [0.25, 0.3) is 0 Å². The Kier molecular flexibility index (Phi) is 11.4. The molecule has 0 saturated carbocycles. The zero-order chi connectivity index (χ0) is 23.5. The van der Waals surface area contributed by atoms with Gasteiger partial charge in [-0.2, -0.15) is 11.8 Å². The zero-order valence-electron chi connectivity index (χ0n) is 18.9. The molecule has 174 valence electrons. The maximum Gasteiger partial charge on any atom is 0.243 e. The van der Waals surface area contributed by atoms with Gasteiger partial charge in [0.1, 0.15) is 6.04 Å². The molecule has 2 atom stereocenters. The third-order valence-corrected chi connectivity index (χ3v) is 7.06. The molecule has 0 unspecified atom stereocenters. The van der Waals surface area contributed by atoms with Crippen molar-refractivity contribution in [3.8, 4) is 0 Å². The number of benzene rings is 2. The van der Waals surface area contributed by atoms with E-state index in [9.17, 15) is 9.59 Å². The number of hydrogen-bond acceptors (Lipinski definition) is 3. The van der Waals surface area contributed by atoms with E-state index in [0.29, 0.717) is 35.2 Å². The van der Waals surface area contributed by atoms with Crippen molar-refractivity contribution >= 4 is 46.8 Å². The largest absolute Gasteiger partial charge is 0.352 e. The molecular formula is C25H32Cl2N2O2S. The molecule has 2 rings (SSSR count). The van der Waals surface area contributed by atoms with Gasteiger partial charge in [0.05, 0.1) is 10.0 Å². The van der Waals surface area contributed by atoms with Gasteiger partial charge in [0.2, 0.25) is 11.8 Å². The summed E-state index contributed by atoms with van der Waals surface area (Å²) >= 11 is 14.0. The lowest BCUT2D eigenvalue weighted by Gasteiger charge is -2.31. The van der Waals surface area contributed by atoms with Crippen molar-refractivity contribution in [2.45, 2.75) is 64.4 Å². The van der Waals surface area contributed by atoms with Crippen molar-refractivity contribution in [1.29, 1.82) is 0 Å². The first-order valence-electron chi connectivity index (χ1n) is 11.0. The molecule has 0 saturated heterocycles. The van der Waals surface area contributed by atoms with E-state index >= 15 is 0 Å². The molecular weight excluding hydrogens is 463 g/mol. The number of halogens is 2. The lowest BCUT2D eigenvalue weighted by atomic mass is 10.1. The molecule has 0 aromatic heterocycles. The molecule has 2 aromatic rings. The van der Waals surface area contributed by atoms with E-state index in [4.69, 9.17) is 23.2 Å². The summed E-state index contributed by atoms with van der Waals surface area (Å²) in [5.74, 6) is 1.39. The summed E-state index contributed by atoms with van der Waals surface area (Å²) in [4.78, 5) is 27.9. The van der Waals surface area contributed by atoms with E-state index in [1.54, 1.807) is 28.8 Å². The predicted octanol–water partition coefficient (Wildman–Crippen LogP) is 6.34. The monoisotopic (exact) mass is 494 g/mol. The van der Waals surface area contributed by atoms with E-state index in [1.165, 1.54) is 5.56 Å². The van der Waals surface area contributed by atoms with E-state index in [-0.39, 0.29) is 17.9 Å². The summed E-state index contributed by atoms with van der Waals surface area (Å²) in [7, 11) is 0. The van der Waals surface area contributed by atoms with Crippen LogP contribution < -0.4 is 5.32 Å². The van der Waals surface area contributed by atoms with Gasteiger partial charge in [-0.1, -0.05) is 73.4 Å². The highest BCUT2D eigenvalue weighted by Gasteiger charge is 2.29. The van der Waals surface area contributed by atoms with Crippen LogP contribution in [0, 0.1) is 0 Å². The normalized spacial score (nSPS) is 12.8. The van der Waals surface area contributed by atoms with E-state index in [1.807, 2.05) is 45.0 Å². The standard InChI is InChI=1S/C25H32Cl2N2O2S/c1-4-18(3)28-25(31)23(5-2)29(16-20-11-12-21(26)22(27)15-20)24(30)13-14-32-17-19-9-7-6-8-10-19/h6-12,15,18,23H,4-5,13-14,16-17H2,1-3H3,(H,28,31)/t18-,23+/m0/s1. The van der Waals surface area contributed by atoms with Crippen LogP contribution in [0.15, 0.2) is 48.5 Å². The highest BCUT2D eigenvalue weighted by molar-refractivity contribution is 7.98. The molecule has 0 spiro atoms. The molecule has 0 aliphatic carbocycles. The Morgan fingerprint density at radius 1 is 1.00 bits per heavy atom. The molecule has 0 aliphatic rings. The summed E-state index contributed by atoms with van der Waals surface area (Å²) in [6.07, 6.45) is 1.73. The van der Waals surface area contributed by atoms with E-state index in [0.717, 1.165) is 17.7 Å². The quantitative estimate of drug-likeness (QED) is 0.350. The molecule has 0 aliphatic heterocycles. The number of nitrogens with zero attached hydrogens (tertiary/aromatic N) is 1. The zero-order valence-corrected chi connectivity index (χ0v) is 21.3. The number of hydrogen-bond donors (Lipinski definition) is 1. The van der Waals surface area contributed by atoms with Gasteiger partial charge in [-0.15, -0.1) is 0 Å². The van der Waals surface area contributed by atoms with Gasteiger partial charge in [-0.05, 0) is 43.0 Å². The van der Waals surface area contributed by atoms with Crippen LogP contribution in [0.1, 0.15) is 51.2 Å². The lowest BCUT2D eigenvalue weighted by molar-refractivity contribution is -0.141. The summed E-state index contributed by atoms with van der Waals surface area (Å²) in [6.45, 7) is 6.23.